The van der Waals surface area contributed by atoms with Gasteiger partial charge in [-0.2, -0.15) is 0 Å². The lowest BCUT2D eigenvalue weighted by Gasteiger charge is -2.60. The van der Waals surface area contributed by atoms with Crippen LogP contribution in [0.15, 0.2) is 48.5 Å². The van der Waals surface area contributed by atoms with E-state index >= 15 is 0 Å². The van der Waals surface area contributed by atoms with Crippen LogP contribution in [0.3, 0.4) is 0 Å². The Hall–Kier alpha value is -2.30. The van der Waals surface area contributed by atoms with Crippen LogP contribution < -0.4 is 9.47 Å². The van der Waals surface area contributed by atoms with Crippen molar-refractivity contribution in [3.05, 3.63) is 65.2 Å². The standard InChI is InChI=1S/C30H37NO3/c1-29-26-12-7-17-30(29,33-18-8-11-21-9-5-4-6-10-21)25(31(2)20-22-13-14-22)19-23-15-16-24(32-3)28(34-26)27(23)29/h4-6,8-11,15-16,22,25-26H,7,12-14,17-20H2,1-3H3/b11-8+/t25?,26-,29+,30+/m0/s1. The van der Waals surface area contributed by atoms with Crippen molar-refractivity contribution >= 4 is 6.08 Å². The van der Waals surface area contributed by atoms with Crippen LogP contribution >= 0.6 is 0 Å². The molecule has 3 aliphatic carbocycles. The first-order valence-corrected chi connectivity index (χ1v) is 13.0. The Morgan fingerprint density at radius 3 is 2.71 bits per heavy atom. The minimum atomic E-state index is -0.287. The van der Waals surface area contributed by atoms with Gasteiger partial charge in [0, 0.05) is 18.2 Å². The molecule has 4 aliphatic rings. The molecule has 0 radical (unpaired) electrons. The van der Waals surface area contributed by atoms with Crippen LogP contribution in [0.4, 0.5) is 0 Å². The molecule has 0 N–H and O–H groups in total. The van der Waals surface area contributed by atoms with E-state index in [0.29, 0.717) is 12.6 Å². The van der Waals surface area contributed by atoms with Crippen LogP contribution in [0.25, 0.3) is 6.08 Å². The van der Waals surface area contributed by atoms with Crippen molar-refractivity contribution in [2.45, 2.75) is 68.6 Å². The van der Waals surface area contributed by atoms with Gasteiger partial charge in [0.15, 0.2) is 11.5 Å². The molecule has 4 heteroatoms. The number of hydrogen-bond donors (Lipinski definition) is 0. The Kier molecular flexibility index (Phi) is 5.50. The minimum absolute atomic E-state index is 0.126. The lowest BCUT2D eigenvalue weighted by Crippen LogP contribution is -2.71. The van der Waals surface area contributed by atoms with Crippen LogP contribution in [0.1, 0.15) is 55.7 Å². The van der Waals surface area contributed by atoms with Gasteiger partial charge < -0.3 is 14.2 Å². The summed E-state index contributed by atoms with van der Waals surface area (Å²) in [6.45, 7) is 4.19. The number of rotatable bonds is 8. The summed E-state index contributed by atoms with van der Waals surface area (Å²) in [5, 5.41) is 0. The average Bonchev–Trinajstić information content (AvgIpc) is 3.61. The van der Waals surface area contributed by atoms with Gasteiger partial charge in [0.25, 0.3) is 0 Å². The Labute approximate surface area is 203 Å². The van der Waals surface area contributed by atoms with E-state index in [1.807, 2.05) is 0 Å². The van der Waals surface area contributed by atoms with Crippen molar-refractivity contribution in [2.24, 2.45) is 5.92 Å². The highest BCUT2D eigenvalue weighted by molar-refractivity contribution is 5.62. The van der Waals surface area contributed by atoms with Crippen LogP contribution in [0.2, 0.25) is 0 Å². The number of nitrogens with zero attached hydrogens (tertiary/aromatic N) is 1. The molecular formula is C30H37NO3. The third-order valence-electron chi connectivity index (χ3n) is 9.02. The van der Waals surface area contributed by atoms with Crippen LogP contribution in [-0.2, 0) is 16.6 Å². The Morgan fingerprint density at radius 2 is 1.94 bits per heavy atom. The van der Waals surface area contributed by atoms with Gasteiger partial charge in [-0.15, -0.1) is 0 Å². The van der Waals surface area contributed by atoms with E-state index in [-0.39, 0.29) is 17.1 Å². The van der Waals surface area contributed by atoms with E-state index in [1.165, 1.54) is 29.5 Å². The van der Waals surface area contributed by atoms with Gasteiger partial charge in [0.2, 0.25) is 0 Å². The average molecular weight is 460 g/mol. The predicted octanol–water partition coefficient (Wildman–Crippen LogP) is 5.63. The van der Waals surface area contributed by atoms with Crippen molar-refractivity contribution in [3.63, 3.8) is 0 Å². The first-order chi connectivity index (χ1) is 16.6. The smallest absolute Gasteiger partial charge is 0.165 e. The zero-order valence-electron chi connectivity index (χ0n) is 20.8. The molecule has 0 amide bonds. The lowest BCUT2D eigenvalue weighted by atomic mass is 9.52. The summed E-state index contributed by atoms with van der Waals surface area (Å²) in [4.78, 5) is 2.62. The maximum absolute atomic E-state index is 7.12. The maximum Gasteiger partial charge on any atom is 0.165 e. The molecule has 6 rings (SSSR count). The van der Waals surface area contributed by atoms with E-state index in [2.05, 4.69) is 73.5 Å². The molecular weight excluding hydrogens is 422 g/mol. The molecule has 2 saturated carbocycles. The molecule has 1 unspecified atom stereocenters. The second kappa shape index (κ2) is 8.42. The maximum atomic E-state index is 7.12. The van der Waals surface area contributed by atoms with Gasteiger partial charge in [-0.05, 0) is 75.6 Å². The number of methoxy groups -OCH3 is 1. The molecule has 0 spiro atoms. The third-order valence-corrected chi connectivity index (χ3v) is 9.02. The minimum Gasteiger partial charge on any atom is -0.493 e. The molecule has 0 bridgehead atoms. The van der Waals surface area contributed by atoms with Crippen molar-refractivity contribution in [3.8, 4) is 11.5 Å². The lowest BCUT2D eigenvalue weighted by molar-refractivity contribution is -0.178. The number of likely N-dealkylation sites (N-methyl/N-ethyl adjacent to an activating group) is 1. The van der Waals surface area contributed by atoms with Gasteiger partial charge >= 0.3 is 0 Å². The Bertz CT molecular complexity index is 1080. The summed E-state index contributed by atoms with van der Waals surface area (Å²) in [7, 11) is 4.07. The monoisotopic (exact) mass is 459 g/mol. The van der Waals surface area contributed by atoms with Gasteiger partial charge in [0.1, 0.15) is 6.10 Å². The zero-order valence-corrected chi connectivity index (χ0v) is 20.8. The SMILES string of the molecule is COc1ccc2c3c1O[C@H]1CCC[C@@](OC/C=C/c4ccccc4)(C(N(C)CC4CC4)C2)[C@@]31C. The molecule has 4 atom stereocenters. The molecule has 0 saturated heterocycles. The molecule has 2 fully saturated rings. The molecule has 4 nitrogen and oxygen atoms in total. The number of benzene rings is 2. The third kappa shape index (κ3) is 3.33. The highest BCUT2D eigenvalue weighted by atomic mass is 16.5. The van der Waals surface area contributed by atoms with Crippen molar-refractivity contribution in [2.75, 3.05) is 27.3 Å². The van der Waals surface area contributed by atoms with Crippen molar-refractivity contribution < 1.29 is 14.2 Å². The predicted molar refractivity (Wildman–Crippen MR) is 136 cm³/mol. The highest BCUT2D eigenvalue weighted by Gasteiger charge is 2.68. The first kappa shape index (κ1) is 22.2. The van der Waals surface area contributed by atoms with Gasteiger partial charge in [0.05, 0.1) is 24.7 Å². The zero-order chi connectivity index (χ0) is 23.3. The van der Waals surface area contributed by atoms with E-state index in [4.69, 9.17) is 14.2 Å². The van der Waals surface area contributed by atoms with Crippen LogP contribution in [-0.4, -0.2) is 50.0 Å². The molecule has 1 aliphatic heterocycles. The fraction of sp³-hybridized carbons (Fsp3) is 0.533. The Balaban J connectivity index is 1.40. The van der Waals surface area contributed by atoms with E-state index in [1.54, 1.807) is 7.11 Å². The summed E-state index contributed by atoms with van der Waals surface area (Å²) in [6, 6.07) is 15.2. The van der Waals surface area contributed by atoms with Crippen LogP contribution in [0.5, 0.6) is 11.5 Å². The fourth-order valence-electron chi connectivity index (χ4n) is 7.18. The molecule has 1 heterocycles. The van der Waals surface area contributed by atoms with Crippen molar-refractivity contribution in [1.82, 2.24) is 4.90 Å². The number of ether oxygens (including phenoxy) is 3. The summed E-state index contributed by atoms with van der Waals surface area (Å²) in [6.07, 6.45) is 11.5. The summed E-state index contributed by atoms with van der Waals surface area (Å²) in [5.41, 5.74) is 3.50. The summed E-state index contributed by atoms with van der Waals surface area (Å²) >= 11 is 0. The molecule has 2 aromatic carbocycles. The topological polar surface area (TPSA) is 30.9 Å². The van der Waals surface area contributed by atoms with Crippen LogP contribution in [0, 0.1) is 5.92 Å². The van der Waals surface area contributed by atoms with E-state index in [9.17, 15) is 0 Å². The largest absolute Gasteiger partial charge is 0.493 e. The normalized spacial score (nSPS) is 31.5. The van der Waals surface area contributed by atoms with E-state index in [0.717, 1.165) is 49.6 Å². The van der Waals surface area contributed by atoms with Gasteiger partial charge in [-0.25, -0.2) is 0 Å². The molecule has 180 valence electrons. The summed E-state index contributed by atoms with van der Waals surface area (Å²) < 4.78 is 19.6. The number of hydrogen-bond acceptors (Lipinski definition) is 4. The first-order valence-electron chi connectivity index (χ1n) is 13.0. The van der Waals surface area contributed by atoms with Gasteiger partial charge in [-0.3, -0.25) is 4.90 Å². The molecule has 2 aromatic rings. The molecule has 34 heavy (non-hydrogen) atoms. The van der Waals surface area contributed by atoms with Gasteiger partial charge in [-0.1, -0.05) is 48.6 Å². The Morgan fingerprint density at radius 1 is 1.12 bits per heavy atom. The van der Waals surface area contributed by atoms with E-state index < -0.39 is 0 Å². The summed E-state index contributed by atoms with van der Waals surface area (Å²) in [5.74, 6) is 2.67. The second-order valence-corrected chi connectivity index (χ2v) is 10.9. The second-order valence-electron chi connectivity index (χ2n) is 10.9. The quantitative estimate of drug-likeness (QED) is 0.512. The fourth-order valence-corrected chi connectivity index (χ4v) is 7.18. The molecule has 0 aromatic heterocycles. The van der Waals surface area contributed by atoms with Crippen molar-refractivity contribution in [1.29, 1.82) is 0 Å². The highest BCUT2D eigenvalue weighted by Crippen LogP contribution is 2.63.